The van der Waals surface area contributed by atoms with E-state index >= 15 is 0 Å². The quantitative estimate of drug-likeness (QED) is 0.547. The maximum absolute atomic E-state index is 12.5. The molecule has 3 N–H and O–H groups in total. The molecule has 1 saturated heterocycles. The van der Waals surface area contributed by atoms with E-state index in [2.05, 4.69) is 4.98 Å². The van der Waals surface area contributed by atoms with Crippen LogP contribution in [0.1, 0.15) is 58.2 Å². The van der Waals surface area contributed by atoms with Gasteiger partial charge in [0, 0.05) is 24.7 Å². The van der Waals surface area contributed by atoms with Crippen molar-refractivity contribution in [3.63, 3.8) is 0 Å². The van der Waals surface area contributed by atoms with Crippen molar-refractivity contribution in [1.82, 2.24) is 9.29 Å². The van der Waals surface area contributed by atoms with Gasteiger partial charge in [-0.15, -0.1) is 11.3 Å². The molecular formula is C22H25N3O4S2. The summed E-state index contributed by atoms with van der Waals surface area (Å²) in [6, 6.07) is 5.56. The highest BCUT2D eigenvalue weighted by molar-refractivity contribution is 7.89. The number of nitrogens with zero attached hydrogens (tertiary/aromatic N) is 1. The first-order chi connectivity index (χ1) is 14.7. The lowest BCUT2D eigenvalue weighted by Crippen LogP contribution is -2.41. The predicted molar refractivity (Wildman–Crippen MR) is 123 cm³/mol. The Morgan fingerprint density at radius 1 is 1.23 bits per heavy atom. The van der Waals surface area contributed by atoms with E-state index in [9.17, 15) is 18.0 Å². The minimum absolute atomic E-state index is 0.177. The maximum Gasteiger partial charge on any atom is 0.250 e. The molecule has 0 saturated carbocycles. The predicted octanol–water partition coefficient (Wildman–Crippen LogP) is 3.73. The number of nitrogens with one attached hydrogen (secondary N) is 1. The zero-order valence-electron chi connectivity index (χ0n) is 17.4. The number of H-pyrrole nitrogens is 1. The number of aromatic nitrogens is 1. The highest BCUT2D eigenvalue weighted by atomic mass is 32.2. The molecular weight excluding hydrogens is 434 g/mol. The van der Waals surface area contributed by atoms with Gasteiger partial charge in [-0.2, -0.15) is 0 Å². The van der Waals surface area contributed by atoms with Gasteiger partial charge >= 0.3 is 0 Å². The molecule has 0 unspecified atom stereocenters. The van der Waals surface area contributed by atoms with E-state index in [0.29, 0.717) is 41.9 Å². The van der Waals surface area contributed by atoms with E-state index in [1.54, 1.807) is 30.3 Å². The van der Waals surface area contributed by atoms with Gasteiger partial charge in [0.15, 0.2) is 6.29 Å². The van der Waals surface area contributed by atoms with E-state index in [-0.39, 0.29) is 5.92 Å². The minimum Gasteiger partial charge on any atom is -0.366 e. The summed E-state index contributed by atoms with van der Waals surface area (Å²) in [5.74, 6) is -0.347. The van der Waals surface area contributed by atoms with Gasteiger partial charge < -0.3 is 10.7 Å². The Hall–Kier alpha value is -2.49. The van der Waals surface area contributed by atoms with Crippen LogP contribution in [0.25, 0.3) is 22.0 Å². The number of aromatic amines is 1. The van der Waals surface area contributed by atoms with Gasteiger partial charge in [0.25, 0.3) is 5.91 Å². The van der Waals surface area contributed by atoms with Crippen LogP contribution in [0, 0.1) is 0 Å². The van der Waals surface area contributed by atoms with Gasteiger partial charge in [-0.05, 0) is 72.9 Å². The smallest absolute Gasteiger partial charge is 0.250 e. The van der Waals surface area contributed by atoms with Crippen LogP contribution in [-0.4, -0.2) is 48.2 Å². The van der Waals surface area contributed by atoms with Crippen molar-refractivity contribution in [3.05, 3.63) is 45.8 Å². The summed E-state index contributed by atoms with van der Waals surface area (Å²) in [5.41, 5.74) is 9.49. The fourth-order valence-corrected chi connectivity index (χ4v) is 6.27. The lowest BCUT2D eigenvalue weighted by atomic mass is 9.88. The lowest BCUT2D eigenvalue weighted by molar-refractivity contribution is 0.100. The number of benzene rings is 1. The summed E-state index contributed by atoms with van der Waals surface area (Å²) >= 11 is 1.35. The van der Waals surface area contributed by atoms with Crippen LogP contribution in [0.2, 0.25) is 0 Å². The van der Waals surface area contributed by atoms with Crippen LogP contribution in [0.5, 0.6) is 0 Å². The first kappa shape index (κ1) is 21.7. The van der Waals surface area contributed by atoms with Gasteiger partial charge in [-0.1, -0.05) is 0 Å². The number of nitrogens with two attached hydrogens (primary N) is 1. The third-order valence-corrected chi connectivity index (χ3v) is 9.14. The molecule has 9 heteroatoms. The molecule has 1 amide bonds. The second kappa shape index (κ2) is 8.22. The number of piperidine rings is 1. The van der Waals surface area contributed by atoms with Crippen molar-refractivity contribution < 1.29 is 18.0 Å². The van der Waals surface area contributed by atoms with Gasteiger partial charge in [-0.25, -0.2) is 12.7 Å². The molecule has 0 aliphatic carbocycles. The molecule has 7 nitrogen and oxygen atoms in total. The topological polar surface area (TPSA) is 113 Å². The Morgan fingerprint density at radius 3 is 2.52 bits per heavy atom. The first-order valence-electron chi connectivity index (χ1n) is 10.2. The number of rotatable bonds is 6. The van der Waals surface area contributed by atoms with E-state index in [1.165, 1.54) is 11.3 Å². The molecule has 0 spiro atoms. The van der Waals surface area contributed by atoms with Crippen LogP contribution in [0.4, 0.5) is 0 Å². The lowest BCUT2D eigenvalue weighted by Gasteiger charge is -2.32. The van der Waals surface area contributed by atoms with Crippen LogP contribution < -0.4 is 5.73 Å². The van der Waals surface area contributed by atoms with Crippen LogP contribution in [0.15, 0.2) is 29.8 Å². The van der Waals surface area contributed by atoms with Crippen LogP contribution >= 0.6 is 11.3 Å². The third kappa shape index (κ3) is 3.93. The highest BCUT2D eigenvalue weighted by Gasteiger charge is 2.31. The largest absolute Gasteiger partial charge is 0.366 e. The molecule has 1 aliphatic rings. The summed E-state index contributed by atoms with van der Waals surface area (Å²) in [4.78, 5) is 27.0. The Balaban J connectivity index is 1.71. The zero-order valence-corrected chi connectivity index (χ0v) is 19.1. The van der Waals surface area contributed by atoms with Crippen LogP contribution in [-0.2, 0) is 10.0 Å². The average Bonchev–Trinajstić information content (AvgIpc) is 3.40. The molecule has 2 aromatic heterocycles. The fourth-order valence-electron chi connectivity index (χ4n) is 4.24. The molecule has 3 aromatic rings. The van der Waals surface area contributed by atoms with Crippen molar-refractivity contribution in [1.29, 1.82) is 0 Å². The Bertz CT molecular complexity index is 1250. The SMILES string of the molecule is CC(C)S(=O)(=O)N1CCC(c2c[nH]c3c(C(N)=O)cc(-c4csc(C=O)c4)cc23)CC1. The molecule has 0 bridgehead atoms. The van der Waals surface area contributed by atoms with E-state index in [0.717, 1.165) is 28.4 Å². The van der Waals surface area contributed by atoms with Gasteiger partial charge in [-0.3, -0.25) is 9.59 Å². The summed E-state index contributed by atoms with van der Waals surface area (Å²) in [7, 11) is -3.26. The van der Waals surface area contributed by atoms with Crippen molar-refractivity contribution >= 4 is 44.5 Å². The third-order valence-electron chi connectivity index (χ3n) is 6.01. The number of sulfonamides is 1. The standard InChI is InChI=1S/C22H25N3O4S2/c1-13(2)31(28,29)25-5-3-14(4-6-25)20-10-24-21-18(20)8-15(9-19(21)22(23)27)16-7-17(11-26)30-12-16/h7-14,24H,3-6H2,1-2H3,(H2,23,27). The summed E-state index contributed by atoms with van der Waals surface area (Å²) in [5, 5.41) is 2.37. The maximum atomic E-state index is 12.5. The first-order valence-corrected chi connectivity index (χ1v) is 12.6. The van der Waals surface area contributed by atoms with Crippen molar-refractivity contribution in [2.45, 2.75) is 37.9 Å². The molecule has 4 rings (SSSR count). The van der Waals surface area contributed by atoms with Crippen molar-refractivity contribution in [2.24, 2.45) is 5.73 Å². The Kier molecular flexibility index (Phi) is 5.76. The second-order valence-corrected chi connectivity index (χ2v) is 11.6. The number of aldehydes is 1. The minimum atomic E-state index is -3.26. The van der Waals surface area contributed by atoms with E-state index in [4.69, 9.17) is 5.73 Å². The number of fused-ring (bicyclic) bond motifs is 1. The number of amides is 1. The summed E-state index contributed by atoms with van der Waals surface area (Å²) in [6.07, 6.45) is 4.14. The second-order valence-electron chi connectivity index (χ2n) is 8.18. The molecule has 1 aliphatic heterocycles. The molecule has 164 valence electrons. The van der Waals surface area contributed by atoms with Crippen molar-refractivity contribution in [3.8, 4) is 11.1 Å². The zero-order chi connectivity index (χ0) is 22.3. The van der Waals surface area contributed by atoms with E-state index in [1.807, 2.05) is 17.6 Å². The summed E-state index contributed by atoms with van der Waals surface area (Å²) in [6.45, 7) is 4.36. The molecule has 1 aromatic carbocycles. The number of carbonyl (C=O) groups excluding carboxylic acids is 2. The Labute approximate surface area is 185 Å². The molecule has 0 atom stereocenters. The molecule has 3 heterocycles. The average molecular weight is 460 g/mol. The summed E-state index contributed by atoms with van der Waals surface area (Å²) < 4.78 is 26.5. The van der Waals surface area contributed by atoms with Gasteiger partial charge in [0.2, 0.25) is 10.0 Å². The number of hydrogen-bond donors (Lipinski definition) is 2. The van der Waals surface area contributed by atoms with E-state index < -0.39 is 21.2 Å². The number of primary amides is 1. The van der Waals surface area contributed by atoms with Crippen molar-refractivity contribution in [2.75, 3.05) is 13.1 Å². The number of hydrogen-bond acceptors (Lipinski definition) is 5. The van der Waals surface area contributed by atoms with Crippen LogP contribution in [0.3, 0.4) is 0 Å². The van der Waals surface area contributed by atoms with Gasteiger partial charge in [0.05, 0.1) is 21.2 Å². The Morgan fingerprint density at radius 2 is 1.94 bits per heavy atom. The number of carbonyl (C=O) groups is 2. The molecule has 1 fully saturated rings. The molecule has 0 radical (unpaired) electrons. The number of thiophene rings is 1. The normalized spacial score (nSPS) is 16.2. The monoisotopic (exact) mass is 459 g/mol. The highest BCUT2D eigenvalue weighted by Crippen LogP contribution is 2.38. The fraction of sp³-hybridized carbons (Fsp3) is 0.364. The molecule has 31 heavy (non-hydrogen) atoms. The van der Waals surface area contributed by atoms with Gasteiger partial charge in [0.1, 0.15) is 0 Å².